The molecule has 0 bridgehead atoms. The maximum absolute atomic E-state index is 12.5. The normalized spacial score (nSPS) is 12.9. The quantitative estimate of drug-likeness (QED) is 0.531. The Bertz CT molecular complexity index is 1130. The summed E-state index contributed by atoms with van der Waals surface area (Å²) in [6.45, 7) is 1.55. The summed E-state index contributed by atoms with van der Waals surface area (Å²) in [6, 6.07) is 17.6. The Balaban J connectivity index is 1.28. The standard InChI is InChI=1S/C21H16N2O3S2/c24-20(22-12-13-5-6-15-16(11-13)26-10-9-25-15)18-7-8-19(27-18)21-23-14-3-1-2-4-17(14)28-21/h1-8,11H,9-10,12H2,(H,22,24). The van der Waals surface area contributed by atoms with Crippen molar-refractivity contribution < 1.29 is 14.3 Å². The van der Waals surface area contributed by atoms with Gasteiger partial charge >= 0.3 is 0 Å². The molecular weight excluding hydrogens is 392 g/mol. The maximum atomic E-state index is 12.5. The van der Waals surface area contributed by atoms with Crippen LogP contribution < -0.4 is 14.8 Å². The van der Waals surface area contributed by atoms with E-state index < -0.39 is 0 Å². The van der Waals surface area contributed by atoms with Crippen molar-refractivity contribution in [3.63, 3.8) is 0 Å². The van der Waals surface area contributed by atoms with Crippen molar-refractivity contribution in [2.75, 3.05) is 13.2 Å². The van der Waals surface area contributed by atoms with E-state index in [4.69, 9.17) is 9.47 Å². The molecule has 0 unspecified atom stereocenters. The summed E-state index contributed by atoms with van der Waals surface area (Å²) in [5, 5.41) is 3.91. The number of thiophene rings is 1. The molecule has 1 aliphatic rings. The lowest BCUT2D eigenvalue weighted by molar-refractivity contribution is 0.0955. The predicted molar refractivity (Wildman–Crippen MR) is 112 cm³/mol. The molecule has 5 nitrogen and oxygen atoms in total. The van der Waals surface area contributed by atoms with Gasteiger partial charge in [0.25, 0.3) is 5.91 Å². The first-order valence-electron chi connectivity index (χ1n) is 8.89. The van der Waals surface area contributed by atoms with Crippen molar-refractivity contribution >= 4 is 38.8 Å². The number of carbonyl (C=O) groups excluding carboxylic acids is 1. The minimum absolute atomic E-state index is 0.0905. The zero-order valence-electron chi connectivity index (χ0n) is 14.8. The summed E-state index contributed by atoms with van der Waals surface area (Å²) in [5.74, 6) is 1.39. The van der Waals surface area contributed by atoms with Gasteiger partial charge in [-0.2, -0.15) is 0 Å². The van der Waals surface area contributed by atoms with Crippen LogP contribution in [0.5, 0.6) is 11.5 Å². The first-order chi connectivity index (χ1) is 13.8. The van der Waals surface area contributed by atoms with Crippen LogP contribution in [-0.4, -0.2) is 24.1 Å². The Hall–Kier alpha value is -2.90. The summed E-state index contributed by atoms with van der Waals surface area (Å²) < 4.78 is 12.3. The Morgan fingerprint density at radius 3 is 2.75 bits per heavy atom. The third kappa shape index (κ3) is 3.34. The van der Waals surface area contributed by atoms with E-state index in [1.807, 2.05) is 48.5 Å². The van der Waals surface area contributed by atoms with Gasteiger partial charge in [0.05, 0.1) is 20.0 Å². The van der Waals surface area contributed by atoms with Crippen molar-refractivity contribution in [1.29, 1.82) is 0 Å². The summed E-state index contributed by atoms with van der Waals surface area (Å²) in [5.41, 5.74) is 1.96. The first-order valence-corrected chi connectivity index (χ1v) is 10.5. The molecule has 7 heteroatoms. The maximum Gasteiger partial charge on any atom is 0.261 e. The molecule has 0 saturated carbocycles. The SMILES string of the molecule is O=C(NCc1ccc2c(c1)OCCO2)c1ccc(-c2nc3ccccc3s2)s1. The number of thiazole rings is 1. The highest BCUT2D eigenvalue weighted by molar-refractivity contribution is 7.26. The second-order valence-electron chi connectivity index (χ2n) is 6.31. The molecular formula is C21H16N2O3S2. The van der Waals surface area contributed by atoms with Gasteiger partial charge < -0.3 is 14.8 Å². The second-order valence-corrected chi connectivity index (χ2v) is 8.43. The van der Waals surface area contributed by atoms with Gasteiger partial charge in [0, 0.05) is 6.54 Å². The zero-order chi connectivity index (χ0) is 18.9. The van der Waals surface area contributed by atoms with Crippen LogP contribution in [0, 0.1) is 0 Å². The monoisotopic (exact) mass is 408 g/mol. The average Bonchev–Trinajstić information content (AvgIpc) is 3.39. The summed E-state index contributed by atoms with van der Waals surface area (Å²) in [4.78, 5) is 18.9. The average molecular weight is 409 g/mol. The molecule has 5 rings (SSSR count). The molecule has 1 amide bonds. The molecule has 3 heterocycles. The van der Waals surface area contributed by atoms with Crippen LogP contribution in [-0.2, 0) is 6.54 Å². The molecule has 0 spiro atoms. The van der Waals surface area contributed by atoms with Crippen LogP contribution in [0.25, 0.3) is 20.1 Å². The molecule has 0 aliphatic carbocycles. The highest BCUT2D eigenvalue weighted by Gasteiger charge is 2.15. The molecule has 2 aromatic heterocycles. The van der Waals surface area contributed by atoms with E-state index in [0.717, 1.165) is 37.2 Å². The number of para-hydroxylation sites is 1. The lowest BCUT2D eigenvalue weighted by Crippen LogP contribution is -2.22. The smallest absolute Gasteiger partial charge is 0.261 e. The van der Waals surface area contributed by atoms with Gasteiger partial charge in [-0.3, -0.25) is 4.79 Å². The van der Waals surface area contributed by atoms with E-state index >= 15 is 0 Å². The Kier molecular flexibility index (Phi) is 4.46. The molecule has 140 valence electrons. The number of rotatable bonds is 4. The van der Waals surface area contributed by atoms with Crippen LogP contribution in [0.2, 0.25) is 0 Å². The molecule has 0 atom stereocenters. The van der Waals surface area contributed by atoms with Gasteiger partial charge in [-0.05, 0) is 42.0 Å². The number of hydrogen-bond acceptors (Lipinski definition) is 6. The van der Waals surface area contributed by atoms with E-state index in [-0.39, 0.29) is 5.91 Å². The largest absolute Gasteiger partial charge is 0.486 e. The van der Waals surface area contributed by atoms with Crippen LogP contribution in [0.15, 0.2) is 54.6 Å². The Labute approximate surface area is 169 Å². The molecule has 2 aromatic carbocycles. The molecule has 4 aromatic rings. The van der Waals surface area contributed by atoms with Crippen molar-refractivity contribution in [1.82, 2.24) is 10.3 Å². The Morgan fingerprint density at radius 1 is 1.00 bits per heavy atom. The van der Waals surface area contributed by atoms with Gasteiger partial charge in [0.2, 0.25) is 0 Å². The number of benzene rings is 2. The number of ether oxygens (including phenoxy) is 2. The van der Waals surface area contributed by atoms with Crippen LogP contribution in [0.4, 0.5) is 0 Å². The molecule has 0 fully saturated rings. The number of nitrogens with one attached hydrogen (secondary N) is 1. The second kappa shape index (κ2) is 7.26. The number of fused-ring (bicyclic) bond motifs is 2. The molecule has 28 heavy (non-hydrogen) atoms. The minimum Gasteiger partial charge on any atom is -0.486 e. The highest BCUT2D eigenvalue weighted by Crippen LogP contribution is 2.34. The van der Waals surface area contributed by atoms with Crippen LogP contribution >= 0.6 is 22.7 Å². The van der Waals surface area contributed by atoms with Crippen molar-refractivity contribution in [3.8, 4) is 21.4 Å². The number of nitrogens with zero attached hydrogens (tertiary/aromatic N) is 1. The number of carbonyl (C=O) groups is 1. The molecule has 1 aliphatic heterocycles. The summed E-state index contributed by atoms with van der Waals surface area (Å²) in [6.07, 6.45) is 0. The molecule has 0 saturated heterocycles. The third-order valence-corrected chi connectivity index (χ3v) is 6.68. The number of amides is 1. The summed E-state index contributed by atoms with van der Waals surface area (Å²) in [7, 11) is 0. The van der Waals surface area contributed by atoms with Crippen molar-refractivity contribution in [2.45, 2.75) is 6.54 Å². The lowest BCUT2D eigenvalue weighted by Gasteiger charge is -2.18. The van der Waals surface area contributed by atoms with Gasteiger partial charge in [-0.15, -0.1) is 22.7 Å². The van der Waals surface area contributed by atoms with Crippen molar-refractivity contribution in [2.24, 2.45) is 0 Å². The van der Waals surface area contributed by atoms with E-state index in [9.17, 15) is 4.79 Å². The molecule has 0 radical (unpaired) electrons. The fourth-order valence-electron chi connectivity index (χ4n) is 3.02. The fourth-order valence-corrected chi connectivity index (χ4v) is 4.96. The molecule has 1 N–H and O–H groups in total. The zero-order valence-corrected chi connectivity index (χ0v) is 16.4. The lowest BCUT2D eigenvalue weighted by atomic mass is 10.2. The van der Waals surface area contributed by atoms with E-state index in [0.29, 0.717) is 24.6 Å². The van der Waals surface area contributed by atoms with Crippen molar-refractivity contribution in [3.05, 3.63) is 65.0 Å². The third-order valence-electron chi connectivity index (χ3n) is 4.39. The van der Waals surface area contributed by atoms with E-state index in [1.165, 1.54) is 11.3 Å². The van der Waals surface area contributed by atoms with Gasteiger partial charge in [0.1, 0.15) is 18.2 Å². The number of aromatic nitrogens is 1. The highest BCUT2D eigenvalue weighted by atomic mass is 32.1. The van der Waals surface area contributed by atoms with Gasteiger partial charge in [0.15, 0.2) is 11.5 Å². The fraction of sp³-hybridized carbons (Fsp3) is 0.143. The predicted octanol–water partition coefficient (Wildman–Crippen LogP) is 4.73. The first kappa shape index (κ1) is 17.2. The minimum atomic E-state index is -0.0905. The van der Waals surface area contributed by atoms with E-state index in [1.54, 1.807) is 11.3 Å². The van der Waals surface area contributed by atoms with Crippen LogP contribution in [0.1, 0.15) is 15.2 Å². The van der Waals surface area contributed by atoms with E-state index in [2.05, 4.69) is 16.4 Å². The topological polar surface area (TPSA) is 60.5 Å². The van der Waals surface area contributed by atoms with Crippen LogP contribution in [0.3, 0.4) is 0 Å². The Morgan fingerprint density at radius 2 is 1.86 bits per heavy atom. The number of hydrogen-bond donors (Lipinski definition) is 1. The van der Waals surface area contributed by atoms with Gasteiger partial charge in [-0.1, -0.05) is 18.2 Å². The summed E-state index contributed by atoms with van der Waals surface area (Å²) >= 11 is 3.10. The van der Waals surface area contributed by atoms with Gasteiger partial charge in [-0.25, -0.2) is 4.98 Å².